The molecule has 1 aromatic rings. The Hall–Kier alpha value is -1.84. The minimum absolute atomic E-state index is 0.195. The summed E-state index contributed by atoms with van der Waals surface area (Å²) >= 11 is 0. The standard InChI is InChI=1S/C12H14FNO2/c1-2-6-16-12(15)8-11(14)9-4-3-5-10(13)7-9/h3-5,7-8H,2,6,14H2,1H3/b11-8+. The fourth-order valence-corrected chi connectivity index (χ4v) is 1.12. The average molecular weight is 223 g/mol. The van der Waals surface area contributed by atoms with Crippen molar-refractivity contribution in [2.75, 3.05) is 6.61 Å². The Balaban J connectivity index is 2.73. The van der Waals surface area contributed by atoms with Crippen LogP contribution in [-0.4, -0.2) is 12.6 Å². The van der Waals surface area contributed by atoms with E-state index in [1.54, 1.807) is 6.07 Å². The number of nitrogens with two attached hydrogens (primary N) is 1. The van der Waals surface area contributed by atoms with Gasteiger partial charge in [-0.05, 0) is 18.6 Å². The highest BCUT2D eigenvalue weighted by atomic mass is 19.1. The molecule has 1 aromatic carbocycles. The Kier molecular flexibility index (Phi) is 4.51. The molecule has 0 fully saturated rings. The van der Waals surface area contributed by atoms with Crippen LogP contribution in [0.15, 0.2) is 30.3 Å². The van der Waals surface area contributed by atoms with Crippen molar-refractivity contribution in [1.29, 1.82) is 0 Å². The zero-order valence-electron chi connectivity index (χ0n) is 9.07. The van der Waals surface area contributed by atoms with Crippen molar-refractivity contribution < 1.29 is 13.9 Å². The number of benzene rings is 1. The Morgan fingerprint density at radius 3 is 2.94 bits per heavy atom. The predicted octanol–water partition coefficient (Wildman–Crippen LogP) is 2.08. The van der Waals surface area contributed by atoms with Gasteiger partial charge in [-0.2, -0.15) is 0 Å². The molecule has 0 amide bonds. The van der Waals surface area contributed by atoms with Gasteiger partial charge in [0.25, 0.3) is 0 Å². The van der Waals surface area contributed by atoms with E-state index in [0.717, 1.165) is 12.5 Å². The van der Waals surface area contributed by atoms with Crippen LogP contribution in [0.2, 0.25) is 0 Å². The topological polar surface area (TPSA) is 52.3 Å². The van der Waals surface area contributed by atoms with Crippen LogP contribution >= 0.6 is 0 Å². The van der Waals surface area contributed by atoms with Gasteiger partial charge < -0.3 is 10.5 Å². The molecule has 0 aliphatic rings. The van der Waals surface area contributed by atoms with Gasteiger partial charge in [-0.25, -0.2) is 9.18 Å². The molecular formula is C12H14FNO2. The van der Waals surface area contributed by atoms with Crippen LogP contribution in [0.25, 0.3) is 5.70 Å². The lowest BCUT2D eigenvalue weighted by Crippen LogP contribution is -2.06. The molecule has 4 heteroatoms. The van der Waals surface area contributed by atoms with E-state index < -0.39 is 11.8 Å². The van der Waals surface area contributed by atoms with E-state index in [9.17, 15) is 9.18 Å². The van der Waals surface area contributed by atoms with Crippen LogP contribution in [0, 0.1) is 5.82 Å². The molecule has 0 bridgehead atoms. The molecule has 86 valence electrons. The van der Waals surface area contributed by atoms with Crippen LogP contribution in [0.4, 0.5) is 4.39 Å². The molecule has 16 heavy (non-hydrogen) atoms. The van der Waals surface area contributed by atoms with Crippen molar-refractivity contribution in [3.63, 3.8) is 0 Å². The van der Waals surface area contributed by atoms with E-state index in [0.29, 0.717) is 12.2 Å². The second-order valence-corrected chi connectivity index (χ2v) is 3.28. The number of halogens is 1. The van der Waals surface area contributed by atoms with Gasteiger partial charge in [-0.3, -0.25) is 0 Å². The molecule has 3 nitrogen and oxygen atoms in total. The van der Waals surface area contributed by atoms with Gasteiger partial charge in [-0.1, -0.05) is 19.1 Å². The second-order valence-electron chi connectivity index (χ2n) is 3.28. The molecule has 0 saturated heterocycles. The van der Waals surface area contributed by atoms with E-state index in [1.165, 1.54) is 18.2 Å². The largest absolute Gasteiger partial charge is 0.462 e. The van der Waals surface area contributed by atoms with Crippen molar-refractivity contribution in [1.82, 2.24) is 0 Å². The SMILES string of the molecule is CCCOC(=O)/C=C(/N)c1cccc(F)c1. The van der Waals surface area contributed by atoms with E-state index in [1.807, 2.05) is 6.92 Å². The number of carbonyl (C=O) groups excluding carboxylic acids is 1. The molecule has 0 atom stereocenters. The number of ether oxygens (including phenoxy) is 1. The summed E-state index contributed by atoms with van der Waals surface area (Å²) in [4.78, 5) is 11.2. The van der Waals surface area contributed by atoms with Crippen LogP contribution in [-0.2, 0) is 9.53 Å². The zero-order chi connectivity index (χ0) is 12.0. The van der Waals surface area contributed by atoms with Crippen molar-refractivity contribution in [2.45, 2.75) is 13.3 Å². The summed E-state index contributed by atoms with van der Waals surface area (Å²) in [5.41, 5.74) is 6.29. The monoisotopic (exact) mass is 223 g/mol. The normalized spacial score (nSPS) is 11.2. The number of esters is 1. The van der Waals surface area contributed by atoms with E-state index >= 15 is 0 Å². The first-order valence-corrected chi connectivity index (χ1v) is 5.03. The van der Waals surface area contributed by atoms with Gasteiger partial charge in [0.05, 0.1) is 6.61 Å². The van der Waals surface area contributed by atoms with Crippen molar-refractivity contribution in [2.24, 2.45) is 5.73 Å². The molecule has 0 heterocycles. The maximum atomic E-state index is 12.9. The highest BCUT2D eigenvalue weighted by Gasteiger charge is 2.02. The van der Waals surface area contributed by atoms with Gasteiger partial charge in [0.15, 0.2) is 0 Å². The highest BCUT2D eigenvalue weighted by molar-refractivity contribution is 5.90. The van der Waals surface area contributed by atoms with E-state index in [2.05, 4.69) is 0 Å². The minimum atomic E-state index is -0.511. The summed E-state index contributed by atoms with van der Waals surface area (Å²) in [6.07, 6.45) is 1.91. The third-order valence-corrected chi connectivity index (χ3v) is 1.88. The third kappa shape index (κ3) is 3.73. The molecule has 0 aliphatic carbocycles. The summed E-state index contributed by atoms with van der Waals surface area (Å²) in [5.74, 6) is -0.903. The lowest BCUT2D eigenvalue weighted by Gasteiger charge is -2.02. The van der Waals surface area contributed by atoms with Gasteiger partial charge in [-0.15, -0.1) is 0 Å². The molecule has 0 aliphatic heterocycles. The summed E-state index contributed by atoms with van der Waals surface area (Å²) in [6, 6.07) is 5.73. The Bertz CT molecular complexity index is 402. The smallest absolute Gasteiger partial charge is 0.332 e. The molecule has 1 rings (SSSR count). The Morgan fingerprint density at radius 2 is 2.31 bits per heavy atom. The van der Waals surface area contributed by atoms with Crippen LogP contribution in [0.3, 0.4) is 0 Å². The fourth-order valence-electron chi connectivity index (χ4n) is 1.12. The number of rotatable bonds is 4. The van der Waals surface area contributed by atoms with Crippen LogP contribution in [0.1, 0.15) is 18.9 Å². The summed E-state index contributed by atoms with van der Waals surface area (Å²) in [5, 5.41) is 0. The lowest BCUT2D eigenvalue weighted by atomic mass is 10.1. The molecule has 0 saturated carbocycles. The summed E-state index contributed by atoms with van der Waals surface area (Å²) < 4.78 is 17.7. The fraction of sp³-hybridized carbons (Fsp3) is 0.250. The molecule has 0 aromatic heterocycles. The zero-order valence-corrected chi connectivity index (χ0v) is 9.07. The van der Waals surface area contributed by atoms with E-state index in [-0.39, 0.29) is 5.70 Å². The van der Waals surface area contributed by atoms with Gasteiger partial charge in [0, 0.05) is 17.3 Å². The molecule has 2 N–H and O–H groups in total. The van der Waals surface area contributed by atoms with Gasteiger partial charge in [0.1, 0.15) is 5.82 Å². The Labute approximate surface area is 93.7 Å². The number of hydrogen-bond donors (Lipinski definition) is 1. The van der Waals surface area contributed by atoms with Crippen molar-refractivity contribution in [3.05, 3.63) is 41.7 Å². The average Bonchev–Trinajstić information content (AvgIpc) is 2.26. The minimum Gasteiger partial charge on any atom is -0.462 e. The first kappa shape index (κ1) is 12.2. The van der Waals surface area contributed by atoms with Crippen LogP contribution in [0.5, 0.6) is 0 Å². The summed E-state index contributed by atoms with van der Waals surface area (Å²) in [6.45, 7) is 2.25. The van der Waals surface area contributed by atoms with Gasteiger partial charge >= 0.3 is 5.97 Å². The third-order valence-electron chi connectivity index (χ3n) is 1.88. The van der Waals surface area contributed by atoms with Crippen molar-refractivity contribution >= 4 is 11.7 Å². The van der Waals surface area contributed by atoms with Crippen LogP contribution < -0.4 is 5.73 Å². The number of carbonyl (C=O) groups is 1. The second kappa shape index (κ2) is 5.90. The van der Waals surface area contributed by atoms with E-state index in [4.69, 9.17) is 10.5 Å². The highest BCUT2D eigenvalue weighted by Crippen LogP contribution is 2.10. The molecule has 0 radical (unpaired) electrons. The predicted molar refractivity (Wildman–Crippen MR) is 59.8 cm³/mol. The lowest BCUT2D eigenvalue weighted by molar-refractivity contribution is -0.137. The quantitative estimate of drug-likeness (QED) is 0.628. The van der Waals surface area contributed by atoms with Gasteiger partial charge in [0.2, 0.25) is 0 Å². The molecular weight excluding hydrogens is 209 g/mol. The van der Waals surface area contributed by atoms with Crippen molar-refractivity contribution in [3.8, 4) is 0 Å². The maximum absolute atomic E-state index is 12.9. The molecule has 0 unspecified atom stereocenters. The first-order valence-electron chi connectivity index (χ1n) is 5.03. The molecule has 0 spiro atoms. The summed E-state index contributed by atoms with van der Waals surface area (Å²) in [7, 11) is 0. The number of hydrogen-bond acceptors (Lipinski definition) is 3. The first-order chi connectivity index (χ1) is 7.63. The maximum Gasteiger partial charge on any atom is 0.332 e. The Morgan fingerprint density at radius 1 is 1.56 bits per heavy atom.